The van der Waals surface area contributed by atoms with Gasteiger partial charge in [0, 0.05) is 12.8 Å². The van der Waals surface area contributed by atoms with Gasteiger partial charge in [-0.15, -0.1) is 0 Å². The zero-order valence-electron chi connectivity index (χ0n) is 24.5. The first kappa shape index (κ1) is 33.4. The van der Waals surface area contributed by atoms with Crippen LogP contribution in [0.4, 0.5) is 9.59 Å². The smallest absolute Gasteiger partial charge is 0.408 e. The van der Waals surface area contributed by atoms with Crippen molar-refractivity contribution in [1.29, 1.82) is 0 Å². The Balaban J connectivity index is 3.31. The van der Waals surface area contributed by atoms with E-state index >= 15 is 0 Å². The zero-order valence-corrected chi connectivity index (χ0v) is 25.3. The molecule has 0 aliphatic heterocycles. The molecule has 2 amide bonds. The van der Waals surface area contributed by atoms with Gasteiger partial charge in [0.2, 0.25) is 0 Å². The molecule has 38 heavy (non-hydrogen) atoms. The highest BCUT2D eigenvalue weighted by atomic mass is 32.2. The Kier molecular flexibility index (Phi) is 15.0. The molecule has 8 heteroatoms. The highest BCUT2D eigenvalue weighted by molar-refractivity contribution is 8.17. The van der Waals surface area contributed by atoms with Crippen LogP contribution in [0.3, 0.4) is 0 Å². The van der Waals surface area contributed by atoms with Crippen LogP contribution < -0.4 is 10.6 Å². The van der Waals surface area contributed by atoms with Crippen LogP contribution in [-0.4, -0.2) is 47.3 Å². The lowest BCUT2D eigenvalue weighted by molar-refractivity contribution is -0.119. The van der Waals surface area contributed by atoms with Gasteiger partial charge in [-0.2, -0.15) is 10.5 Å². The predicted molar refractivity (Wildman–Crippen MR) is 159 cm³/mol. The third-order valence-corrected chi connectivity index (χ3v) is 7.58. The summed E-state index contributed by atoms with van der Waals surface area (Å²) in [6, 6.07) is 8.03. The number of hydrogen-bond acceptors (Lipinski definition) is 5. The number of alkyl carbamates (subject to hydrolysis) is 2. The number of nitrogens with one attached hydrogen (secondary N) is 2. The number of benzene rings is 1. The van der Waals surface area contributed by atoms with Gasteiger partial charge in [-0.05, 0) is 63.2 Å². The van der Waals surface area contributed by atoms with E-state index < -0.39 is 29.9 Å². The molecule has 0 radical (unpaired) electrons. The van der Waals surface area contributed by atoms with E-state index in [4.69, 9.17) is 9.47 Å². The van der Waals surface area contributed by atoms with Crippen molar-refractivity contribution < 1.29 is 23.9 Å². The summed E-state index contributed by atoms with van der Waals surface area (Å²) >= 11 is 0. The van der Waals surface area contributed by atoms with Crippen molar-refractivity contribution in [2.24, 2.45) is 5.92 Å². The Labute approximate surface area is 232 Å². The van der Waals surface area contributed by atoms with Crippen molar-refractivity contribution in [1.82, 2.24) is 10.6 Å². The molecule has 0 saturated heterocycles. The van der Waals surface area contributed by atoms with E-state index in [1.54, 1.807) is 20.8 Å². The molecular formula is C30H48N2O5S. The van der Waals surface area contributed by atoms with Gasteiger partial charge in [-0.1, -0.05) is 69.0 Å². The number of hydrogen-bond donors (Lipinski definition) is 2. The van der Waals surface area contributed by atoms with Crippen molar-refractivity contribution in [2.45, 2.75) is 105 Å². The molecule has 0 aliphatic carbocycles. The molecular weight excluding hydrogens is 500 g/mol. The minimum atomic E-state index is -0.703. The molecule has 0 bridgehead atoms. The summed E-state index contributed by atoms with van der Waals surface area (Å²) in [5, 5.41) is 7.92. The Hall–Kier alpha value is -2.61. The molecule has 1 aromatic rings. The maximum absolute atomic E-state index is 13.0. The van der Waals surface area contributed by atoms with Crippen molar-refractivity contribution in [3.63, 3.8) is 0 Å². The zero-order chi connectivity index (χ0) is 28.7. The van der Waals surface area contributed by atoms with Crippen LogP contribution in [0.15, 0.2) is 41.3 Å². The highest BCUT2D eigenvalue weighted by Gasteiger charge is 2.29. The molecule has 214 valence electrons. The molecule has 0 fully saturated rings. The van der Waals surface area contributed by atoms with E-state index in [2.05, 4.69) is 43.0 Å². The summed E-state index contributed by atoms with van der Waals surface area (Å²) < 4.78 is 11.0. The van der Waals surface area contributed by atoms with Crippen LogP contribution in [0.2, 0.25) is 0 Å². The first-order valence-electron chi connectivity index (χ1n) is 13.5. The van der Waals surface area contributed by atoms with Crippen LogP contribution in [0.1, 0.15) is 86.1 Å². The SMILES string of the molecule is CC=S(C)/C(=C\C(NC(=O)OC(C)(C)C)C(CC(=O)CCC(C)C)NC(=O)OCc1ccccc1)CCC. The third kappa shape index (κ3) is 14.4. The largest absolute Gasteiger partial charge is 0.445 e. The second-order valence-corrected chi connectivity index (χ2v) is 12.9. The molecule has 0 saturated carbocycles. The lowest BCUT2D eigenvalue weighted by Crippen LogP contribution is -2.52. The van der Waals surface area contributed by atoms with E-state index in [9.17, 15) is 14.4 Å². The summed E-state index contributed by atoms with van der Waals surface area (Å²) in [6.45, 7) is 13.7. The Bertz CT molecular complexity index is 951. The van der Waals surface area contributed by atoms with E-state index in [-0.39, 0.29) is 29.3 Å². The van der Waals surface area contributed by atoms with E-state index in [1.165, 1.54) is 0 Å². The quantitative estimate of drug-likeness (QED) is 0.245. The van der Waals surface area contributed by atoms with Crippen LogP contribution >= 0.6 is 10.5 Å². The lowest BCUT2D eigenvalue weighted by Gasteiger charge is -2.29. The number of ether oxygens (including phenoxy) is 2. The first-order chi connectivity index (χ1) is 17.8. The molecule has 0 heterocycles. The number of carbonyl (C=O) groups excluding carboxylic acids is 3. The molecule has 2 N–H and O–H groups in total. The average Bonchev–Trinajstić information content (AvgIpc) is 2.84. The van der Waals surface area contributed by atoms with Crippen LogP contribution in [0.25, 0.3) is 0 Å². The van der Waals surface area contributed by atoms with Crippen molar-refractivity contribution in [3.8, 4) is 0 Å². The monoisotopic (exact) mass is 548 g/mol. The van der Waals surface area contributed by atoms with Gasteiger partial charge in [-0.25, -0.2) is 9.59 Å². The fourth-order valence-electron chi connectivity index (χ4n) is 3.63. The molecule has 0 spiro atoms. The summed E-state index contributed by atoms with van der Waals surface area (Å²) in [4.78, 5) is 39.9. The normalized spacial score (nSPS) is 14.5. The van der Waals surface area contributed by atoms with Gasteiger partial charge < -0.3 is 20.1 Å². The maximum Gasteiger partial charge on any atom is 0.408 e. The van der Waals surface area contributed by atoms with Crippen LogP contribution in [0.5, 0.6) is 0 Å². The summed E-state index contributed by atoms with van der Waals surface area (Å²) in [6.07, 6.45) is 5.85. The van der Waals surface area contributed by atoms with Gasteiger partial charge in [-0.3, -0.25) is 4.79 Å². The van der Waals surface area contributed by atoms with Crippen LogP contribution in [0, 0.1) is 5.92 Å². The minimum Gasteiger partial charge on any atom is -0.445 e. The number of allylic oxidation sites excluding steroid dienone is 1. The number of amides is 2. The standard InChI is InChI=1S/C30H48N2O5S/c1-9-14-25(38(8)10-2)20-27(32-29(35)37-30(5,6)7)26(19-24(33)18-17-22(3)4)31-28(34)36-21-23-15-12-11-13-16-23/h10-13,15-16,20,22,26-27H,9,14,17-19,21H2,1-8H3,(H,31,34)(H,32,35)/b25-20-. The summed E-state index contributed by atoms with van der Waals surface area (Å²) in [5.41, 5.74) is 0.163. The molecule has 0 aliphatic rings. The Morgan fingerprint density at radius 2 is 1.68 bits per heavy atom. The number of ketones is 1. The van der Waals surface area contributed by atoms with Crippen molar-refractivity contribution in [2.75, 3.05) is 6.26 Å². The molecule has 3 atom stereocenters. The van der Waals surface area contributed by atoms with Crippen molar-refractivity contribution >= 4 is 33.8 Å². The van der Waals surface area contributed by atoms with Crippen LogP contribution in [-0.2, 0) is 20.9 Å². The van der Waals surface area contributed by atoms with E-state index in [0.29, 0.717) is 12.3 Å². The van der Waals surface area contributed by atoms with E-state index in [1.807, 2.05) is 43.3 Å². The molecule has 3 unspecified atom stereocenters. The maximum atomic E-state index is 13.0. The minimum absolute atomic E-state index is 0.0195. The average molecular weight is 549 g/mol. The predicted octanol–water partition coefficient (Wildman–Crippen LogP) is 6.97. The fourth-order valence-corrected chi connectivity index (χ4v) is 4.82. The topological polar surface area (TPSA) is 93.7 Å². The summed E-state index contributed by atoms with van der Waals surface area (Å²) in [5.74, 6) is 0.404. The van der Waals surface area contributed by atoms with Crippen molar-refractivity contribution in [3.05, 3.63) is 46.9 Å². The van der Waals surface area contributed by atoms with E-state index in [0.717, 1.165) is 29.7 Å². The second-order valence-electron chi connectivity index (χ2n) is 10.8. The molecule has 1 aromatic carbocycles. The van der Waals surface area contributed by atoms with Gasteiger partial charge in [0.1, 0.15) is 18.0 Å². The third-order valence-electron chi connectivity index (χ3n) is 5.71. The fraction of sp³-hybridized carbons (Fsp3) is 0.600. The number of carbonyl (C=O) groups is 3. The Morgan fingerprint density at radius 1 is 1.03 bits per heavy atom. The molecule has 0 aromatic heterocycles. The molecule has 1 rings (SSSR count). The Morgan fingerprint density at radius 3 is 2.24 bits per heavy atom. The van der Waals surface area contributed by atoms with Gasteiger partial charge >= 0.3 is 12.2 Å². The summed E-state index contributed by atoms with van der Waals surface area (Å²) in [7, 11) is -0.134. The number of rotatable bonds is 14. The van der Waals surface area contributed by atoms with Gasteiger partial charge in [0.15, 0.2) is 0 Å². The number of Topliss-reactive ketones (excluding diaryl/α,β-unsaturated/α-hetero) is 1. The highest BCUT2D eigenvalue weighted by Crippen LogP contribution is 2.26. The lowest BCUT2D eigenvalue weighted by atomic mass is 9.97. The molecule has 7 nitrogen and oxygen atoms in total. The first-order valence-corrected chi connectivity index (χ1v) is 15.2. The van der Waals surface area contributed by atoms with Gasteiger partial charge in [0.25, 0.3) is 0 Å². The second kappa shape index (κ2) is 17.1. The van der Waals surface area contributed by atoms with Gasteiger partial charge in [0.05, 0.1) is 12.1 Å².